The Morgan fingerprint density at radius 2 is 1.84 bits per heavy atom. The Hall–Kier alpha value is -3.45. The van der Waals surface area contributed by atoms with Gasteiger partial charge in [0.15, 0.2) is 18.1 Å². The number of ether oxygens (including phenoxy) is 2. The maximum atomic E-state index is 12.7. The van der Waals surface area contributed by atoms with Crippen molar-refractivity contribution >= 4 is 11.7 Å². The summed E-state index contributed by atoms with van der Waals surface area (Å²) in [6, 6.07) is 12.0. The highest BCUT2D eigenvalue weighted by Gasteiger charge is 2.30. The lowest BCUT2D eigenvalue weighted by Gasteiger charge is -2.30. The monoisotopic (exact) mass is 519 g/mol. The van der Waals surface area contributed by atoms with Gasteiger partial charge < -0.3 is 19.6 Å². The zero-order valence-corrected chi connectivity index (χ0v) is 21.4. The molecule has 0 radical (unpaired) electrons. The van der Waals surface area contributed by atoms with Crippen LogP contribution < -0.4 is 14.8 Å². The van der Waals surface area contributed by atoms with Crippen molar-refractivity contribution in [2.24, 2.45) is 5.41 Å². The number of rotatable bonds is 10. The standard InChI is InChI=1S/C27H32F3N3O4/c1-18(13-19-14-20-9-10-32-24(20)21(15-19)16-31)33(37-25(34)26(2,3)4)11-12-35-22-7-5-6-8-23(22)36-17-27(28,29)30/h5-8,14-15,18,32H,9-13,17H2,1-4H3. The van der Waals surface area contributed by atoms with Crippen LogP contribution in [0.15, 0.2) is 36.4 Å². The van der Waals surface area contributed by atoms with E-state index in [1.54, 1.807) is 32.9 Å². The molecule has 0 amide bonds. The average Bonchev–Trinajstić information content (AvgIpc) is 3.29. The molecule has 2 aromatic carbocycles. The first kappa shape index (κ1) is 28.1. The fourth-order valence-corrected chi connectivity index (χ4v) is 3.84. The lowest BCUT2D eigenvalue weighted by Crippen LogP contribution is -2.42. The molecule has 0 saturated carbocycles. The Labute approximate surface area is 215 Å². The van der Waals surface area contributed by atoms with Crippen LogP contribution in [0.3, 0.4) is 0 Å². The van der Waals surface area contributed by atoms with Gasteiger partial charge >= 0.3 is 12.1 Å². The summed E-state index contributed by atoms with van der Waals surface area (Å²) in [4.78, 5) is 18.4. The number of nitrogens with zero attached hydrogens (tertiary/aromatic N) is 2. The topological polar surface area (TPSA) is 83.8 Å². The highest BCUT2D eigenvalue weighted by Crippen LogP contribution is 2.30. The second-order valence-electron chi connectivity index (χ2n) is 9.99. The lowest BCUT2D eigenvalue weighted by molar-refractivity contribution is -0.211. The van der Waals surface area contributed by atoms with Crippen molar-refractivity contribution in [1.29, 1.82) is 5.26 Å². The van der Waals surface area contributed by atoms with Gasteiger partial charge in [-0.25, -0.2) is 4.79 Å². The van der Waals surface area contributed by atoms with Gasteiger partial charge in [0.05, 0.1) is 23.2 Å². The van der Waals surface area contributed by atoms with E-state index in [0.717, 1.165) is 29.8 Å². The first-order valence-electron chi connectivity index (χ1n) is 12.1. The highest BCUT2D eigenvalue weighted by atomic mass is 19.4. The van der Waals surface area contributed by atoms with E-state index in [1.165, 1.54) is 17.2 Å². The van der Waals surface area contributed by atoms with Gasteiger partial charge in [0.1, 0.15) is 12.7 Å². The minimum atomic E-state index is -4.47. The molecule has 10 heteroatoms. The number of carbonyl (C=O) groups excluding carboxylic acids is 1. The third-order valence-electron chi connectivity index (χ3n) is 5.74. The van der Waals surface area contributed by atoms with Gasteiger partial charge in [-0.2, -0.15) is 18.4 Å². The Kier molecular flexibility index (Phi) is 8.92. The van der Waals surface area contributed by atoms with Gasteiger partial charge in [-0.05, 0) is 69.9 Å². The van der Waals surface area contributed by atoms with Crippen molar-refractivity contribution in [3.05, 3.63) is 53.1 Å². The molecule has 1 unspecified atom stereocenters. The summed E-state index contributed by atoms with van der Waals surface area (Å²) in [7, 11) is 0. The van der Waals surface area contributed by atoms with Crippen LogP contribution in [-0.4, -0.2) is 49.6 Å². The van der Waals surface area contributed by atoms with Gasteiger partial charge in [-0.15, -0.1) is 5.06 Å². The highest BCUT2D eigenvalue weighted by molar-refractivity contribution is 5.75. The molecular formula is C27H32F3N3O4. The number of benzene rings is 2. The molecule has 0 aromatic heterocycles. The van der Waals surface area contributed by atoms with Gasteiger partial charge in [0.25, 0.3) is 0 Å². The van der Waals surface area contributed by atoms with Crippen LogP contribution in [0.5, 0.6) is 11.5 Å². The van der Waals surface area contributed by atoms with E-state index in [-0.39, 0.29) is 30.7 Å². The van der Waals surface area contributed by atoms with E-state index in [2.05, 4.69) is 17.5 Å². The maximum Gasteiger partial charge on any atom is 0.422 e. The van der Waals surface area contributed by atoms with Crippen molar-refractivity contribution in [1.82, 2.24) is 5.06 Å². The summed E-state index contributed by atoms with van der Waals surface area (Å²) in [5, 5.41) is 14.3. The number of nitriles is 1. The fourth-order valence-electron chi connectivity index (χ4n) is 3.84. The van der Waals surface area contributed by atoms with Crippen LogP contribution in [0.4, 0.5) is 18.9 Å². The number of fused-ring (bicyclic) bond motifs is 1. The van der Waals surface area contributed by atoms with E-state index in [9.17, 15) is 23.2 Å². The van der Waals surface area contributed by atoms with E-state index in [4.69, 9.17) is 14.3 Å². The van der Waals surface area contributed by atoms with Gasteiger partial charge in [-0.3, -0.25) is 0 Å². The van der Waals surface area contributed by atoms with Crippen molar-refractivity contribution < 1.29 is 32.3 Å². The molecule has 2 aromatic rings. The molecule has 200 valence electrons. The number of para-hydroxylation sites is 2. The van der Waals surface area contributed by atoms with Crippen LogP contribution in [0.25, 0.3) is 0 Å². The normalized spacial score (nSPS) is 13.9. The van der Waals surface area contributed by atoms with E-state index < -0.39 is 24.2 Å². The van der Waals surface area contributed by atoms with E-state index in [0.29, 0.717) is 12.0 Å². The summed E-state index contributed by atoms with van der Waals surface area (Å²) < 4.78 is 48.4. The van der Waals surface area contributed by atoms with Crippen LogP contribution >= 0.6 is 0 Å². The quantitative estimate of drug-likeness (QED) is 0.428. The Morgan fingerprint density at radius 1 is 1.16 bits per heavy atom. The minimum absolute atomic E-state index is 0.0260. The van der Waals surface area contributed by atoms with Crippen molar-refractivity contribution in [3.8, 4) is 17.6 Å². The molecule has 1 atom stereocenters. The molecule has 0 spiro atoms. The molecule has 0 bridgehead atoms. The number of carbonyl (C=O) groups is 1. The zero-order chi connectivity index (χ0) is 27.2. The molecule has 0 aliphatic carbocycles. The smallest absolute Gasteiger partial charge is 0.422 e. The summed E-state index contributed by atoms with van der Waals surface area (Å²) >= 11 is 0. The van der Waals surface area contributed by atoms with Crippen LogP contribution in [0.2, 0.25) is 0 Å². The molecule has 37 heavy (non-hydrogen) atoms. The fraction of sp³-hybridized carbons (Fsp3) is 0.481. The predicted octanol–water partition coefficient (Wildman–Crippen LogP) is 5.28. The maximum absolute atomic E-state index is 12.7. The average molecular weight is 520 g/mol. The lowest BCUT2D eigenvalue weighted by atomic mass is 9.97. The van der Waals surface area contributed by atoms with Crippen molar-refractivity contribution in [2.75, 3.05) is 31.6 Å². The molecule has 3 rings (SSSR count). The molecule has 0 fully saturated rings. The third kappa shape index (κ3) is 8.02. The number of hydroxylamine groups is 2. The second-order valence-corrected chi connectivity index (χ2v) is 9.99. The third-order valence-corrected chi connectivity index (χ3v) is 5.74. The van der Waals surface area contributed by atoms with Gasteiger partial charge in [-0.1, -0.05) is 18.2 Å². The molecule has 1 heterocycles. The minimum Gasteiger partial charge on any atom is -0.488 e. The van der Waals surface area contributed by atoms with E-state index in [1.807, 2.05) is 13.0 Å². The zero-order valence-electron chi connectivity index (χ0n) is 21.4. The predicted molar refractivity (Wildman–Crippen MR) is 132 cm³/mol. The molecule has 1 N–H and O–H groups in total. The molecular weight excluding hydrogens is 487 g/mol. The number of halogens is 3. The number of hydrogen-bond acceptors (Lipinski definition) is 7. The van der Waals surface area contributed by atoms with Crippen LogP contribution in [0, 0.1) is 16.7 Å². The largest absolute Gasteiger partial charge is 0.488 e. The Balaban J connectivity index is 1.71. The molecule has 1 aliphatic rings. The summed E-state index contributed by atoms with van der Waals surface area (Å²) in [6.45, 7) is 6.68. The number of nitrogens with one attached hydrogen (secondary N) is 1. The SMILES string of the molecule is CC(Cc1cc(C#N)c2c(c1)CCN2)N(CCOc1ccccc1OCC(F)(F)F)OC(=O)C(C)(C)C. The van der Waals surface area contributed by atoms with Crippen LogP contribution in [-0.2, 0) is 22.5 Å². The van der Waals surface area contributed by atoms with Crippen LogP contribution in [0.1, 0.15) is 44.4 Å². The molecule has 7 nitrogen and oxygen atoms in total. The number of hydrogen-bond donors (Lipinski definition) is 1. The van der Waals surface area contributed by atoms with Crippen molar-refractivity contribution in [2.45, 2.75) is 52.8 Å². The van der Waals surface area contributed by atoms with E-state index >= 15 is 0 Å². The summed E-state index contributed by atoms with van der Waals surface area (Å²) in [6.07, 6.45) is -3.14. The number of anilines is 1. The molecule has 1 aliphatic heterocycles. The second kappa shape index (κ2) is 11.7. The first-order chi connectivity index (χ1) is 17.4. The van der Waals surface area contributed by atoms with Crippen molar-refractivity contribution in [3.63, 3.8) is 0 Å². The van der Waals surface area contributed by atoms with Gasteiger partial charge in [0, 0.05) is 12.6 Å². The molecule has 0 saturated heterocycles. The number of alkyl halides is 3. The Morgan fingerprint density at radius 3 is 2.46 bits per heavy atom. The van der Waals surface area contributed by atoms with Gasteiger partial charge in [0.2, 0.25) is 0 Å². The summed E-state index contributed by atoms with van der Waals surface area (Å²) in [5.74, 6) is -0.294. The first-order valence-corrected chi connectivity index (χ1v) is 12.1. The Bertz CT molecular complexity index is 1140. The summed E-state index contributed by atoms with van der Waals surface area (Å²) in [5.41, 5.74) is 2.72.